The molecule has 1 aromatic carbocycles. The summed E-state index contributed by atoms with van der Waals surface area (Å²) in [4.78, 5) is 16.4. The Labute approximate surface area is 138 Å². The van der Waals surface area contributed by atoms with Crippen molar-refractivity contribution in [1.82, 2.24) is 10.3 Å². The van der Waals surface area contributed by atoms with E-state index in [1.165, 1.54) is 5.56 Å². The second-order valence-corrected chi connectivity index (χ2v) is 6.76. The molecule has 0 saturated heterocycles. The largest absolute Gasteiger partial charge is 0.325 e. The van der Waals surface area contributed by atoms with Gasteiger partial charge < -0.3 is 10.6 Å². The highest BCUT2D eigenvalue weighted by atomic mass is 16.2. The molecular weight excluding hydrogens is 286 g/mol. The maximum atomic E-state index is 12.2. The van der Waals surface area contributed by atoms with Crippen molar-refractivity contribution in [1.29, 1.82) is 0 Å². The Morgan fingerprint density at radius 2 is 1.87 bits per heavy atom. The van der Waals surface area contributed by atoms with E-state index in [0.29, 0.717) is 0 Å². The lowest BCUT2D eigenvalue weighted by molar-refractivity contribution is -0.123. The third-order valence-corrected chi connectivity index (χ3v) is 3.70. The maximum Gasteiger partial charge on any atom is 0.229 e. The molecule has 1 amide bonds. The fourth-order valence-electron chi connectivity index (χ4n) is 2.15. The minimum absolute atomic E-state index is 0.000194. The molecule has 0 fully saturated rings. The third kappa shape index (κ3) is 4.89. The average molecular weight is 311 g/mol. The molecule has 2 aromatic rings. The summed E-state index contributed by atoms with van der Waals surface area (Å²) in [5, 5.41) is 6.49. The zero-order chi connectivity index (χ0) is 16.9. The summed E-state index contributed by atoms with van der Waals surface area (Å²) in [6, 6.07) is 12.2. The highest BCUT2D eigenvalue weighted by Gasteiger charge is 2.22. The van der Waals surface area contributed by atoms with Crippen LogP contribution in [0.25, 0.3) is 0 Å². The van der Waals surface area contributed by atoms with Crippen LogP contribution in [0.4, 0.5) is 5.69 Å². The van der Waals surface area contributed by atoms with E-state index < -0.39 is 5.41 Å². The molecule has 4 nitrogen and oxygen atoms in total. The van der Waals surface area contributed by atoms with Crippen LogP contribution in [0, 0.1) is 5.41 Å². The third-order valence-electron chi connectivity index (χ3n) is 3.70. The Morgan fingerprint density at radius 3 is 2.52 bits per heavy atom. The van der Waals surface area contributed by atoms with Gasteiger partial charge >= 0.3 is 0 Å². The first-order valence-electron chi connectivity index (χ1n) is 7.90. The van der Waals surface area contributed by atoms with Crippen molar-refractivity contribution < 1.29 is 4.79 Å². The number of benzene rings is 1. The van der Waals surface area contributed by atoms with Gasteiger partial charge in [0.1, 0.15) is 0 Å². The number of pyridine rings is 1. The molecule has 0 radical (unpaired) electrons. The normalized spacial score (nSPS) is 12.7. The molecule has 0 aliphatic carbocycles. The number of carbonyl (C=O) groups is 1. The number of carbonyl (C=O) groups excluding carboxylic acids is 1. The van der Waals surface area contributed by atoms with E-state index in [4.69, 9.17) is 0 Å². The van der Waals surface area contributed by atoms with E-state index in [0.717, 1.165) is 17.8 Å². The van der Waals surface area contributed by atoms with Crippen molar-refractivity contribution in [2.75, 3.05) is 5.32 Å². The van der Waals surface area contributed by atoms with Crippen LogP contribution in [0.5, 0.6) is 0 Å². The standard InChI is InChI=1S/C19H25N3O/c1-14(21-12-15-8-6-5-7-9-15)16-13-20-11-10-17(16)22-18(23)19(2,3)4/h5-11,13-14,21H,12H2,1-4H3,(H,20,22,23). The van der Waals surface area contributed by atoms with Crippen molar-refractivity contribution in [2.45, 2.75) is 40.3 Å². The van der Waals surface area contributed by atoms with Crippen LogP contribution < -0.4 is 10.6 Å². The Bertz CT molecular complexity index is 647. The molecular formula is C19H25N3O. The summed E-state index contributed by atoms with van der Waals surface area (Å²) in [6.07, 6.45) is 3.51. The lowest BCUT2D eigenvalue weighted by Gasteiger charge is -2.22. The van der Waals surface area contributed by atoms with Gasteiger partial charge in [-0.15, -0.1) is 0 Å². The topological polar surface area (TPSA) is 54.0 Å². The zero-order valence-electron chi connectivity index (χ0n) is 14.3. The van der Waals surface area contributed by atoms with Crippen LogP contribution in [0.1, 0.15) is 44.9 Å². The van der Waals surface area contributed by atoms with Gasteiger partial charge in [0.05, 0.1) is 0 Å². The average Bonchev–Trinajstić information content (AvgIpc) is 2.53. The monoisotopic (exact) mass is 311 g/mol. The second kappa shape index (κ2) is 7.38. The van der Waals surface area contributed by atoms with Gasteiger partial charge in [0.15, 0.2) is 0 Å². The van der Waals surface area contributed by atoms with Gasteiger partial charge in [-0.3, -0.25) is 9.78 Å². The summed E-state index contributed by atoms with van der Waals surface area (Å²) >= 11 is 0. The molecule has 0 aliphatic rings. The van der Waals surface area contributed by atoms with Crippen LogP contribution in [0.15, 0.2) is 48.8 Å². The van der Waals surface area contributed by atoms with E-state index in [1.54, 1.807) is 12.4 Å². The lowest BCUT2D eigenvalue weighted by atomic mass is 9.95. The van der Waals surface area contributed by atoms with E-state index in [-0.39, 0.29) is 11.9 Å². The molecule has 0 bridgehead atoms. The van der Waals surface area contributed by atoms with E-state index in [9.17, 15) is 4.79 Å². The minimum atomic E-state index is -0.429. The first-order valence-corrected chi connectivity index (χ1v) is 7.90. The number of amides is 1. The van der Waals surface area contributed by atoms with Gasteiger partial charge in [-0.2, -0.15) is 0 Å². The van der Waals surface area contributed by atoms with Crippen molar-refractivity contribution in [3.05, 3.63) is 59.9 Å². The highest BCUT2D eigenvalue weighted by Crippen LogP contribution is 2.24. The molecule has 0 saturated carbocycles. The number of nitrogens with one attached hydrogen (secondary N) is 2. The molecule has 4 heteroatoms. The van der Waals surface area contributed by atoms with Crippen molar-refractivity contribution >= 4 is 11.6 Å². The predicted octanol–water partition coefficient (Wildman–Crippen LogP) is 3.92. The van der Waals surface area contributed by atoms with Gasteiger partial charge in [0.25, 0.3) is 0 Å². The first-order chi connectivity index (χ1) is 10.9. The Balaban J connectivity index is 2.08. The Kier molecular flexibility index (Phi) is 5.50. The Morgan fingerprint density at radius 1 is 1.17 bits per heavy atom. The van der Waals surface area contributed by atoms with Gasteiger partial charge in [-0.1, -0.05) is 51.1 Å². The molecule has 1 unspecified atom stereocenters. The van der Waals surface area contributed by atoms with E-state index >= 15 is 0 Å². The smallest absolute Gasteiger partial charge is 0.229 e. The van der Waals surface area contributed by atoms with Gasteiger partial charge in [-0.05, 0) is 18.6 Å². The molecule has 122 valence electrons. The quantitative estimate of drug-likeness (QED) is 0.880. The van der Waals surface area contributed by atoms with Gasteiger partial charge in [-0.25, -0.2) is 0 Å². The molecule has 1 atom stereocenters. The summed E-state index contributed by atoms with van der Waals surface area (Å²) in [6.45, 7) is 8.55. The lowest BCUT2D eigenvalue weighted by Crippen LogP contribution is -2.29. The SMILES string of the molecule is CC(NCc1ccccc1)c1cnccc1NC(=O)C(C)(C)C. The minimum Gasteiger partial charge on any atom is -0.325 e. The van der Waals surface area contributed by atoms with Crippen LogP contribution in [-0.4, -0.2) is 10.9 Å². The fourth-order valence-corrected chi connectivity index (χ4v) is 2.15. The number of nitrogens with zero attached hydrogens (tertiary/aromatic N) is 1. The van der Waals surface area contributed by atoms with Crippen molar-refractivity contribution in [3.63, 3.8) is 0 Å². The highest BCUT2D eigenvalue weighted by molar-refractivity contribution is 5.95. The van der Waals surface area contributed by atoms with E-state index in [1.807, 2.05) is 45.0 Å². The van der Waals surface area contributed by atoms with Crippen LogP contribution >= 0.6 is 0 Å². The molecule has 1 aromatic heterocycles. The summed E-state index contributed by atoms with van der Waals surface area (Å²) in [5.41, 5.74) is 2.60. The predicted molar refractivity (Wildman–Crippen MR) is 94.0 cm³/mol. The molecule has 1 heterocycles. The van der Waals surface area contributed by atoms with Crippen molar-refractivity contribution in [2.24, 2.45) is 5.41 Å². The molecule has 2 N–H and O–H groups in total. The second-order valence-electron chi connectivity index (χ2n) is 6.76. The first kappa shape index (κ1) is 17.2. The summed E-state index contributed by atoms with van der Waals surface area (Å²) in [7, 11) is 0. The maximum absolute atomic E-state index is 12.2. The number of anilines is 1. The van der Waals surface area contributed by atoms with Gasteiger partial charge in [0.2, 0.25) is 5.91 Å². The molecule has 0 spiro atoms. The van der Waals surface area contributed by atoms with Crippen LogP contribution in [0.2, 0.25) is 0 Å². The number of hydrogen-bond donors (Lipinski definition) is 2. The van der Waals surface area contributed by atoms with Gasteiger partial charge in [0, 0.05) is 41.6 Å². The number of aromatic nitrogens is 1. The molecule has 23 heavy (non-hydrogen) atoms. The van der Waals surface area contributed by atoms with E-state index in [2.05, 4.69) is 34.7 Å². The Hall–Kier alpha value is -2.20. The van der Waals surface area contributed by atoms with Crippen LogP contribution in [-0.2, 0) is 11.3 Å². The van der Waals surface area contributed by atoms with Crippen molar-refractivity contribution in [3.8, 4) is 0 Å². The fraction of sp³-hybridized carbons (Fsp3) is 0.368. The van der Waals surface area contributed by atoms with Crippen LogP contribution in [0.3, 0.4) is 0 Å². The summed E-state index contributed by atoms with van der Waals surface area (Å²) < 4.78 is 0. The zero-order valence-corrected chi connectivity index (χ0v) is 14.3. The summed E-state index contributed by atoms with van der Waals surface area (Å²) in [5.74, 6) is 0.000194. The molecule has 2 rings (SSSR count). The molecule has 0 aliphatic heterocycles. The number of hydrogen-bond acceptors (Lipinski definition) is 3. The number of rotatable bonds is 5.